The topological polar surface area (TPSA) is 120 Å². The number of hydrazone groups is 1. The molecule has 2 aliphatic rings. The van der Waals surface area contributed by atoms with Gasteiger partial charge in [0.25, 0.3) is 5.91 Å². The summed E-state index contributed by atoms with van der Waals surface area (Å²) in [6.07, 6.45) is -1.16. The van der Waals surface area contributed by atoms with Crippen molar-refractivity contribution in [2.75, 3.05) is 24.6 Å². The van der Waals surface area contributed by atoms with Gasteiger partial charge < -0.3 is 15.2 Å². The number of nitrogens with one attached hydrogen (secondary N) is 2. The molecular formula is C16H17FN4O5S. The fourth-order valence-corrected chi connectivity index (χ4v) is 3.47. The molecule has 2 aliphatic heterocycles. The highest BCUT2D eigenvalue weighted by molar-refractivity contribution is 8.15. The SMILES string of the molecule is CC(=O)NCC1CN(c2ccc(C3=NNC(=O)C(CO)S3)c(F)c2)C(=O)O1. The third-order valence-corrected chi connectivity index (χ3v) is 5.11. The van der Waals surface area contributed by atoms with Gasteiger partial charge in [-0.2, -0.15) is 5.10 Å². The number of benzene rings is 1. The monoisotopic (exact) mass is 396 g/mol. The van der Waals surface area contributed by atoms with Gasteiger partial charge in [0.2, 0.25) is 5.91 Å². The highest BCUT2D eigenvalue weighted by atomic mass is 32.2. The van der Waals surface area contributed by atoms with Gasteiger partial charge in [0.15, 0.2) is 0 Å². The van der Waals surface area contributed by atoms with E-state index in [2.05, 4.69) is 15.8 Å². The lowest BCUT2D eigenvalue weighted by Crippen LogP contribution is -2.37. The molecule has 0 aliphatic carbocycles. The van der Waals surface area contributed by atoms with Gasteiger partial charge in [-0.1, -0.05) is 11.8 Å². The Morgan fingerprint density at radius 3 is 2.96 bits per heavy atom. The van der Waals surface area contributed by atoms with Crippen molar-refractivity contribution in [3.8, 4) is 0 Å². The summed E-state index contributed by atoms with van der Waals surface area (Å²) in [5.74, 6) is -1.32. The molecule has 0 radical (unpaired) electrons. The molecule has 1 aromatic carbocycles. The second-order valence-corrected chi connectivity index (χ2v) is 7.09. The van der Waals surface area contributed by atoms with Crippen molar-refractivity contribution in [1.82, 2.24) is 10.7 Å². The zero-order valence-electron chi connectivity index (χ0n) is 14.3. The van der Waals surface area contributed by atoms with Gasteiger partial charge in [-0.15, -0.1) is 0 Å². The van der Waals surface area contributed by atoms with Crippen LogP contribution in [0.25, 0.3) is 0 Å². The molecule has 3 rings (SSSR count). The minimum absolute atomic E-state index is 0.143. The molecule has 9 nitrogen and oxygen atoms in total. The molecule has 144 valence electrons. The third kappa shape index (κ3) is 4.19. The Morgan fingerprint density at radius 2 is 2.30 bits per heavy atom. The lowest BCUT2D eigenvalue weighted by Gasteiger charge is -2.20. The molecule has 2 heterocycles. The number of thioether (sulfide) groups is 1. The number of aliphatic hydroxyl groups is 1. The average molecular weight is 396 g/mol. The molecule has 11 heteroatoms. The van der Waals surface area contributed by atoms with Crippen LogP contribution in [-0.4, -0.2) is 59.1 Å². The highest BCUT2D eigenvalue weighted by Crippen LogP contribution is 2.28. The summed E-state index contributed by atoms with van der Waals surface area (Å²) in [4.78, 5) is 35.7. The quantitative estimate of drug-likeness (QED) is 0.653. The number of carbonyl (C=O) groups is 3. The maximum Gasteiger partial charge on any atom is 0.414 e. The van der Waals surface area contributed by atoms with E-state index in [1.165, 1.54) is 30.0 Å². The van der Waals surface area contributed by atoms with Crippen LogP contribution in [-0.2, 0) is 14.3 Å². The number of hydrogen-bond donors (Lipinski definition) is 3. The van der Waals surface area contributed by atoms with Crippen molar-refractivity contribution in [3.63, 3.8) is 0 Å². The van der Waals surface area contributed by atoms with E-state index in [0.29, 0.717) is 5.69 Å². The number of rotatable bonds is 5. The summed E-state index contributed by atoms with van der Waals surface area (Å²) < 4.78 is 19.7. The lowest BCUT2D eigenvalue weighted by molar-refractivity contribution is -0.121. The first-order chi connectivity index (χ1) is 12.9. The number of carbonyl (C=O) groups excluding carboxylic acids is 3. The normalized spacial score (nSPS) is 22.2. The van der Waals surface area contributed by atoms with Gasteiger partial charge in [0, 0.05) is 12.5 Å². The minimum atomic E-state index is -0.764. The third-order valence-electron chi connectivity index (χ3n) is 3.93. The highest BCUT2D eigenvalue weighted by Gasteiger charge is 2.33. The summed E-state index contributed by atoms with van der Waals surface area (Å²) in [6, 6.07) is 4.15. The number of amides is 3. The molecule has 1 saturated heterocycles. The van der Waals surface area contributed by atoms with E-state index in [4.69, 9.17) is 4.74 Å². The summed E-state index contributed by atoms with van der Waals surface area (Å²) in [6.45, 7) is 1.31. The van der Waals surface area contributed by atoms with Crippen molar-refractivity contribution in [2.24, 2.45) is 5.10 Å². The van der Waals surface area contributed by atoms with E-state index < -0.39 is 35.8 Å². The Morgan fingerprint density at radius 1 is 1.52 bits per heavy atom. The van der Waals surface area contributed by atoms with Crippen LogP contribution in [0, 0.1) is 5.82 Å². The summed E-state index contributed by atoms with van der Waals surface area (Å²) in [7, 11) is 0. The zero-order chi connectivity index (χ0) is 19.6. The van der Waals surface area contributed by atoms with E-state index >= 15 is 0 Å². The van der Waals surface area contributed by atoms with Gasteiger partial charge >= 0.3 is 6.09 Å². The molecule has 0 saturated carbocycles. The molecule has 27 heavy (non-hydrogen) atoms. The minimum Gasteiger partial charge on any atom is -0.442 e. The van der Waals surface area contributed by atoms with Crippen LogP contribution >= 0.6 is 11.8 Å². The molecule has 2 unspecified atom stereocenters. The van der Waals surface area contributed by atoms with Gasteiger partial charge in [0.1, 0.15) is 22.2 Å². The molecular weight excluding hydrogens is 379 g/mol. The van der Waals surface area contributed by atoms with Crippen LogP contribution in [0.4, 0.5) is 14.9 Å². The number of hydrogen-bond acceptors (Lipinski definition) is 7. The summed E-state index contributed by atoms with van der Waals surface area (Å²) >= 11 is 0.958. The Kier molecular flexibility index (Phi) is 5.61. The zero-order valence-corrected chi connectivity index (χ0v) is 15.1. The number of aliphatic hydroxyl groups excluding tert-OH is 1. The maximum atomic E-state index is 14.6. The van der Waals surface area contributed by atoms with E-state index in [0.717, 1.165) is 11.8 Å². The number of nitrogens with zero attached hydrogens (tertiary/aromatic N) is 2. The van der Waals surface area contributed by atoms with Crippen molar-refractivity contribution < 1.29 is 28.6 Å². The van der Waals surface area contributed by atoms with Crippen molar-refractivity contribution in [1.29, 1.82) is 0 Å². The Bertz CT molecular complexity index is 818. The van der Waals surface area contributed by atoms with Crippen molar-refractivity contribution >= 4 is 40.4 Å². The largest absolute Gasteiger partial charge is 0.442 e. The van der Waals surface area contributed by atoms with Crippen LogP contribution in [0.15, 0.2) is 23.3 Å². The maximum absolute atomic E-state index is 14.6. The van der Waals surface area contributed by atoms with Crippen LogP contribution in [0.5, 0.6) is 0 Å². The van der Waals surface area contributed by atoms with Crippen molar-refractivity contribution in [3.05, 3.63) is 29.6 Å². The molecule has 1 fully saturated rings. The van der Waals surface area contributed by atoms with E-state index in [9.17, 15) is 23.9 Å². The van der Waals surface area contributed by atoms with Crippen molar-refractivity contribution in [2.45, 2.75) is 18.3 Å². The number of ether oxygens (including phenoxy) is 1. The first kappa shape index (κ1) is 19.1. The number of halogens is 1. The van der Waals surface area contributed by atoms with Crippen LogP contribution < -0.4 is 15.6 Å². The Labute approximate surface area is 157 Å². The predicted octanol–water partition coefficient (Wildman–Crippen LogP) is 0.172. The summed E-state index contributed by atoms with van der Waals surface area (Å²) in [5, 5.41) is 15.0. The molecule has 0 bridgehead atoms. The lowest BCUT2D eigenvalue weighted by atomic mass is 10.2. The van der Waals surface area contributed by atoms with Crippen LogP contribution in [0.2, 0.25) is 0 Å². The summed E-state index contributed by atoms with van der Waals surface area (Å²) in [5.41, 5.74) is 2.69. The van der Waals surface area contributed by atoms with E-state index in [1.54, 1.807) is 0 Å². The van der Waals surface area contributed by atoms with Gasteiger partial charge in [-0.25, -0.2) is 14.6 Å². The number of anilines is 1. The first-order valence-corrected chi connectivity index (χ1v) is 8.94. The standard InChI is InChI=1S/C16H17FN4O5S/c1-8(23)18-5-10-6-21(16(25)26-10)9-2-3-11(12(17)4-9)15-20-19-14(24)13(7-22)27-15/h2-4,10,13,22H,5-7H2,1H3,(H,18,23)(H,19,24). The number of cyclic esters (lactones) is 1. The molecule has 3 N–H and O–H groups in total. The van der Waals surface area contributed by atoms with Gasteiger partial charge in [0.05, 0.1) is 25.4 Å². The van der Waals surface area contributed by atoms with Crippen LogP contribution in [0.1, 0.15) is 12.5 Å². The molecule has 0 spiro atoms. The molecule has 0 aromatic heterocycles. The average Bonchev–Trinajstić information content (AvgIpc) is 3.01. The predicted molar refractivity (Wildman–Crippen MR) is 95.8 cm³/mol. The molecule has 1 aromatic rings. The molecule has 2 atom stereocenters. The van der Waals surface area contributed by atoms with E-state index in [-0.39, 0.29) is 29.6 Å². The van der Waals surface area contributed by atoms with E-state index in [1.807, 2.05) is 0 Å². The first-order valence-electron chi connectivity index (χ1n) is 8.06. The van der Waals surface area contributed by atoms with Crippen LogP contribution in [0.3, 0.4) is 0 Å². The fraction of sp³-hybridized carbons (Fsp3) is 0.375. The fourth-order valence-electron chi connectivity index (χ4n) is 2.58. The smallest absolute Gasteiger partial charge is 0.414 e. The van der Waals surface area contributed by atoms with Gasteiger partial charge in [-0.3, -0.25) is 14.5 Å². The Balaban J connectivity index is 1.74. The molecule has 3 amide bonds. The van der Waals surface area contributed by atoms with Gasteiger partial charge in [-0.05, 0) is 18.2 Å². The Hall–Kier alpha value is -2.66. The second-order valence-electron chi connectivity index (χ2n) is 5.90. The second kappa shape index (κ2) is 7.92.